The predicted molar refractivity (Wildman–Crippen MR) is 69.2 cm³/mol. The van der Waals surface area contributed by atoms with Crippen LogP contribution in [-0.2, 0) is 14.3 Å². The summed E-state index contributed by atoms with van der Waals surface area (Å²) >= 11 is 0. The molecule has 19 heavy (non-hydrogen) atoms. The lowest BCUT2D eigenvalue weighted by Crippen LogP contribution is -2.08. The minimum absolute atomic E-state index is 0.448. The lowest BCUT2D eigenvalue weighted by atomic mass is 10.3. The highest BCUT2D eigenvalue weighted by Gasteiger charge is 1.99. The molecule has 1 aromatic carbocycles. The molecule has 102 valence electrons. The molecule has 0 saturated heterocycles. The lowest BCUT2D eigenvalue weighted by molar-refractivity contribution is -0.131. The molecule has 0 saturated carbocycles. The van der Waals surface area contributed by atoms with Crippen molar-refractivity contribution in [1.29, 1.82) is 0 Å². The molecule has 0 spiro atoms. The maximum absolute atomic E-state index is 11.3. The summed E-state index contributed by atoms with van der Waals surface area (Å²) in [6, 6.07) is 6.72. The van der Waals surface area contributed by atoms with Gasteiger partial charge in [-0.1, -0.05) is 0 Å². The number of nitrogens with one attached hydrogen (secondary N) is 1. The molecule has 0 heterocycles. The van der Waals surface area contributed by atoms with E-state index in [0.717, 1.165) is 12.2 Å². The van der Waals surface area contributed by atoms with Crippen molar-refractivity contribution in [2.24, 2.45) is 0 Å². The summed E-state index contributed by atoms with van der Waals surface area (Å²) in [5.74, 6) is -1.01. The molecule has 0 aliphatic carbocycles. The Morgan fingerprint density at radius 3 is 2.47 bits per heavy atom. The molecule has 0 aliphatic heterocycles. The minimum atomic E-state index is -1.17. The molecule has 0 radical (unpaired) electrons. The van der Waals surface area contributed by atoms with Crippen LogP contribution in [0, 0.1) is 0 Å². The van der Waals surface area contributed by atoms with Crippen LogP contribution < -0.4 is 10.1 Å². The first-order valence-corrected chi connectivity index (χ1v) is 5.55. The largest absolute Gasteiger partial charge is 0.491 e. The number of carboxylic acid groups (broad SMARTS) is 1. The second-order valence-electron chi connectivity index (χ2n) is 3.53. The van der Waals surface area contributed by atoms with Gasteiger partial charge < -0.3 is 19.9 Å². The molecule has 0 atom stereocenters. The molecule has 1 amide bonds. The number of amides is 1. The quantitative estimate of drug-likeness (QED) is 0.573. The Bertz CT molecular complexity index is 453. The topological polar surface area (TPSA) is 84.9 Å². The fourth-order valence-electron chi connectivity index (χ4n) is 1.21. The summed E-state index contributed by atoms with van der Waals surface area (Å²) in [5, 5.41) is 10.9. The zero-order chi connectivity index (χ0) is 14.1. The van der Waals surface area contributed by atoms with Crippen molar-refractivity contribution < 1.29 is 24.2 Å². The average Bonchev–Trinajstić information content (AvgIpc) is 2.39. The number of hydrogen-bond donors (Lipinski definition) is 2. The Morgan fingerprint density at radius 1 is 1.21 bits per heavy atom. The van der Waals surface area contributed by atoms with Crippen molar-refractivity contribution >= 4 is 17.6 Å². The van der Waals surface area contributed by atoms with Gasteiger partial charge in [0, 0.05) is 24.9 Å². The molecule has 0 fully saturated rings. The van der Waals surface area contributed by atoms with Crippen LogP contribution in [0.4, 0.5) is 5.69 Å². The van der Waals surface area contributed by atoms with Gasteiger partial charge in [-0.25, -0.2) is 4.79 Å². The third-order valence-electron chi connectivity index (χ3n) is 2.06. The molecule has 6 nitrogen and oxygen atoms in total. The Balaban J connectivity index is 2.47. The van der Waals surface area contributed by atoms with E-state index >= 15 is 0 Å². The second-order valence-corrected chi connectivity index (χ2v) is 3.53. The number of rotatable bonds is 7. The first kappa shape index (κ1) is 14.7. The molecular formula is C13H15NO5. The highest BCUT2D eigenvalue weighted by atomic mass is 16.5. The lowest BCUT2D eigenvalue weighted by Gasteiger charge is -2.06. The number of methoxy groups -OCH3 is 1. The molecule has 2 N–H and O–H groups in total. The van der Waals surface area contributed by atoms with Crippen molar-refractivity contribution in [3.05, 3.63) is 36.4 Å². The fraction of sp³-hybridized carbons (Fsp3) is 0.231. The van der Waals surface area contributed by atoms with E-state index in [4.69, 9.17) is 14.6 Å². The Kier molecular flexibility index (Phi) is 6.11. The molecule has 1 aromatic rings. The van der Waals surface area contributed by atoms with Crippen molar-refractivity contribution in [2.75, 3.05) is 25.6 Å². The standard InChI is InChI=1S/C13H15NO5/c1-18-8-9-19-11-4-2-10(3-5-11)14-12(15)6-7-13(16)17/h2-7H,8-9H2,1H3,(H,14,15)(H,16,17)/b7-6+. The first-order valence-electron chi connectivity index (χ1n) is 5.55. The van der Waals surface area contributed by atoms with Crippen molar-refractivity contribution in [3.8, 4) is 5.75 Å². The molecule has 6 heteroatoms. The minimum Gasteiger partial charge on any atom is -0.491 e. The zero-order valence-electron chi connectivity index (χ0n) is 10.5. The molecule has 0 aromatic heterocycles. The predicted octanol–water partition coefficient (Wildman–Crippen LogP) is 1.29. The van der Waals surface area contributed by atoms with Crippen LogP contribution in [0.1, 0.15) is 0 Å². The summed E-state index contributed by atoms with van der Waals surface area (Å²) in [6.07, 6.45) is 1.73. The van der Waals surface area contributed by atoms with Crippen LogP contribution in [-0.4, -0.2) is 37.3 Å². The number of anilines is 1. The number of ether oxygens (including phenoxy) is 2. The van der Waals surface area contributed by atoms with Gasteiger partial charge in [-0.05, 0) is 24.3 Å². The van der Waals surface area contributed by atoms with Crippen molar-refractivity contribution in [1.82, 2.24) is 0 Å². The van der Waals surface area contributed by atoms with Crippen LogP contribution >= 0.6 is 0 Å². The number of carbonyl (C=O) groups is 2. The van der Waals surface area contributed by atoms with Gasteiger partial charge in [0.15, 0.2) is 0 Å². The van der Waals surface area contributed by atoms with Crippen LogP contribution in [0.15, 0.2) is 36.4 Å². The number of aliphatic carboxylic acids is 1. The van der Waals surface area contributed by atoms with E-state index < -0.39 is 11.9 Å². The first-order chi connectivity index (χ1) is 9.11. The maximum atomic E-state index is 11.3. The highest BCUT2D eigenvalue weighted by molar-refractivity contribution is 6.02. The van der Waals surface area contributed by atoms with Gasteiger partial charge in [-0.15, -0.1) is 0 Å². The Hall–Kier alpha value is -2.34. The van der Waals surface area contributed by atoms with E-state index in [1.165, 1.54) is 0 Å². The van der Waals surface area contributed by atoms with Gasteiger partial charge in [-0.3, -0.25) is 4.79 Å². The van der Waals surface area contributed by atoms with Crippen LogP contribution in [0.25, 0.3) is 0 Å². The Labute approximate surface area is 110 Å². The zero-order valence-corrected chi connectivity index (χ0v) is 10.5. The normalized spacial score (nSPS) is 10.4. The van der Waals surface area contributed by atoms with Gasteiger partial charge in [0.2, 0.25) is 5.91 Å². The van der Waals surface area contributed by atoms with E-state index in [1.54, 1.807) is 31.4 Å². The van der Waals surface area contributed by atoms with Gasteiger partial charge in [0.05, 0.1) is 6.61 Å². The van der Waals surface area contributed by atoms with Crippen LogP contribution in [0.5, 0.6) is 5.75 Å². The van der Waals surface area contributed by atoms with Crippen LogP contribution in [0.2, 0.25) is 0 Å². The molecule has 0 unspecified atom stereocenters. The average molecular weight is 265 g/mol. The van der Waals surface area contributed by atoms with E-state index in [2.05, 4.69) is 5.32 Å². The number of hydrogen-bond acceptors (Lipinski definition) is 4. The van der Waals surface area contributed by atoms with E-state index in [-0.39, 0.29) is 0 Å². The smallest absolute Gasteiger partial charge is 0.328 e. The van der Waals surface area contributed by atoms with E-state index in [9.17, 15) is 9.59 Å². The molecular weight excluding hydrogens is 250 g/mol. The van der Waals surface area contributed by atoms with Crippen molar-refractivity contribution in [3.63, 3.8) is 0 Å². The Morgan fingerprint density at radius 2 is 1.89 bits per heavy atom. The maximum Gasteiger partial charge on any atom is 0.328 e. The monoisotopic (exact) mass is 265 g/mol. The molecule has 1 rings (SSSR count). The summed E-state index contributed by atoms with van der Waals surface area (Å²) in [4.78, 5) is 21.5. The number of carbonyl (C=O) groups excluding carboxylic acids is 1. The summed E-state index contributed by atoms with van der Waals surface area (Å²) in [7, 11) is 1.59. The van der Waals surface area contributed by atoms with Crippen molar-refractivity contribution in [2.45, 2.75) is 0 Å². The highest BCUT2D eigenvalue weighted by Crippen LogP contribution is 2.15. The third kappa shape index (κ3) is 6.23. The summed E-state index contributed by atoms with van der Waals surface area (Å²) < 4.78 is 10.2. The third-order valence-corrected chi connectivity index (χ3v) is 2.06. The fourth-order valence-corrected chi connectivity index (χ4v) is 1.21. The van der Waals surface area contributed by atoms with Gasteiger partial charge in [-0.2, -0.15) is 0 Å². The second kappa shape index (κ2) is 7.88. The van der Waals surface area contributed by atoms with Crippen LogP contribution in [0.3, 0.4) is 0 Å². The van der Waals surface area contributed by atoms with Gasteiger partial charge in [0.1, 0.15) is 12.4 Å². The number of carboxylic acids is 1. The molecule has 0 aliphatic rings. The van der Waals surface area contributed by atoms with E-state index in [1.807, 2.05) is 0 Å². The SMILES string of the molecule is COCCOc1ccc(NC(=O)/C=C/C(=O)O)cc1. The molecule has 0 bridgehead atoms. The summed E-state index contributed by atoms with van der Waals surface area (Å²) in [6.45, 7) is 0.946. The van der Waals surface area contributed by atoms with Gasteiger partial charge in [0.25, 0.3) is 0 Å². The van der Waals surface area contributed by atoms with Gasteiger partial charge >= 0.3 is 5.97 Å². The summed E-state index contributed by atoms with van der Waals surface area (Å²) in [5.41, 5.74) is 0.555. The van der Waals surface area contributed by atoms with E-state index in [0.29, 0.717) is 24.7 Å². The number of benzene rings is 1.